The quantitative estimate of drug-likeness (QED) is 0.741. The third-order valence-corrected chi connectivity index (χ3v) is 3.13. The molecule has 0 spiro atoms. The standard InChI is InChI=1S/C11H17BrN2O3/c1-7(12)6-13-11(17)14-9-4-2-8(3-5-9)10(15)16/h8-9H,1-6H2,(H,15,16)(H2,13,14,17). The molecule has 0 radical (unpaired) electrons. The molecule has 0 aromatic heterocycles. The van der Waals surface area contributed by atoms with E-state index in [-0.39, 0.29) is 18.0 Å². The second kappa shape index (κ2) is 6.64. The largest absolute Gasteiger partial charge is 0.481 e. The summed E-state index contributed by atoms with van der Waals surface area (Å²) in [6.07, 6.45) is 2.70. The number of carbonyl (C=O) groups excluding carboxylic acids is 1. The zero-order chi connectivity index (χ0) is 12.8. The predicted molar refractivity (Wildman–Crippen MR) is 68.0 cm³/mol. The molecule has 3 N–H and O–H groups in total. The fourth-order valence-electron chi connectivity index (χ4n) is 1.90. The molecule has 5 nitrogen and oxygen atoms in total. The van der Waals surface area contributed by atoms with Crippen molar-refractivity contribution in [3.63, 3.8) is 0 Å². The van der Waals surface area contributed by atoms with Crippen LogP contribution in [0.5, 0.6) is 0 Å². The smallest absolute Gasteiger partial charge is 0.315 e. The van der Waals surface area contributed by atoms with E-state index in [1.807, 2.05) is 0 Å². The van der Waals surface area contributed by atoms with Gasteiger partial charge >= 0.3 is 12.0 Å². The summed E-state index contributed by atoms with van der Waals surface area (Å²) in [5, 5.41) is 14.3. The van der Waals surface area contributed by atoms with Crippen molar-refractivity contribution in [1.82, 2.24) is 10.6 Å². The van der Waals surface area contributed by atoms with Gasteiger partial charge in [-0.1, -0.05) is 22.5 Å². The number of rotatable bonds is 4. The molecule has 96 valence electrons. The van der Waals surface area contributed by atoms with E-state index in [1.54, 1.807) is 0 Å². The van der Waals surface area contributed by atoms with Crippen molar-refractivity contribution < 1.29 is 14.7 Å². The van der Waals surface area contributed by atoms with E-state index < -0.39 is 5.97 Å². The summed E-state index contributed by atoms with van der Waals surface area (Å²) in [5.41, 5.74) is 0. The molecule has 0 aliphatic heterocycles. The lowest BCUT2D eigenvalue weighted by Crippen LogP contribution is -2.44. The zero-order valence-corrected chi connectivity index (χ0v) is 11.1. The van der Waals surface area contributed by atoms with Gasteiger partial charge in [0.15, 0.2) is 0 Å². The maximum absolute atomic E-state index is 11.4. The van der Waals surface area contributed by atoms with Crippen LogP contribution in [0.4, 0.5) is 4.79 Å². The van der Waals surface area contributed by atoms with E-state index in [4.69, 9.17) is 5.11 Å². The van der Waals surface area contributed by atoms with Gasteiger partial charge in [0.2, 0.25) is 0 Å². The van der Waals surface area contributed by atoms with E-state index in [9.17, 15) is 9.59 Å². The van der Waals surface area contributed by atoms with Crippen LogP contribution in [0.1, 0.15) is 25.7 Å². The predicted octanol–water partition coefficient (Wildman–Crippen LogP) is 1.84. The highest BCUT2D eigenvalue weighted by molar-refractivity contribution is 9.11. The number of amides is 2. The van der Waals surface area contributed by atoms with Crippen molar-refractivity contribution in [2.75, 3.05) is 6.54 Å². The van der Waals surface area contributed by atoms with Crippen molar-refractivity contribution in [2.24, 2.45) is 5.92 Å². The highest BCUT2D eigenvalue weighted by Crippen LogP contribution is 2.24. The fourth-order valence-corrected chi connectivity index (χ4v) is 2.04. The average Bonchev–Trinajstić information content (AvgIpc) is 2.27. The van der Waals surface area contributed by atoms with Crippen LogP contribution >= 0.6 is 15.9 Å². The molecule has 1 fully saturated rings. The Balaban J connectivity index is 2.23. The molecule has 0 bridgehead atoms. The molecule has 6 heteroatoms. The van der Waals surface area contributed by atoms with Crippen molar-refractivity contribution in [2.45, 2.75) is 31.7 Å². The zero-order valence-electron chi connectivity index (χ0n) is 9.54. The van der Waals surface area contributed by atoms with Gasteiger partial charge in [-0.25, -0.2) is 4.79 Å². The second-order valence-electron chi connectivity index (χ2n) is 4.23. The first-order valence-electron chi connectivity index (χ1n) is 5.59. The van der Waals surface area contributed by atoms with Gasteiger partial charge in [-0.2, -0.15) is 0 Å². The molecule has 17 heavy (non-hydrogen) atoms. The van der Waals surface area contributed by atoms with Gasteiger partial charge in [0, 0.05) is 10.5 Å². The molecule has 0 heterocycles. The lowest BCUT2D eigenvalue weighted by molar-refractivity contribution is -0.142. The highest BCUT2D eigenvalue weighted by atomic mass is 79.9. The van der Waals surface area contributed by atoms with E-state index in [2.05, 4.69) is 33.1 Å². The molecule has 1 aliphatic rings. The second-order valence-corrected chi connectivity index (χ2v) is 5.35. The lowest BCUT2D eigenvalue weighted by atomic mass is 9.86. The Hall–Kier alpha value is -1.04. The summed E-state index contributed by atoms with van der Waals surface area (Å²) >= 11 is 3.15. The Bertz CT molecular complexity index is 312. The summed E-state index contributed by atoms with van der Waals surface area (Å²) in [4.78, 5) is 22.2. The number of halogens is 1. The molecule has 0 saturated heterocycles. The first kappa shape index (κ1) is 14.0. The summed E-state index contributed by atoms with van der Waals surface area (Å²) in [6, 6.07) is -0.154. The minimum Gasteiger partial charge on any atom is -0.481 e. The number of carboxylic acid groups (broad SMARTS) is 1. The lowest BCUT2D eigenvalue weighted by Gasteiger charge is -2.26. The number of urea groups is 1. The number of carboxylic acids is 1. The average molecular weight is 305 g/mol. The van der Waals surface area contributed by atoms with Gasteiger partial charge in [0.05, 0.1) is 12.5 Å². The van der Waals surface area contributed by atoms with Crippen LogP contribution in [-0.4, -0.2) is 29.7 Å². The van der Waals surface area contributed by atoms with Crippen LogP contribution in [0.2, 0.25) is 0 Å². The van der Waals surface area contributed by atoms with E-state index in [0.29, 0.717) is 23.9 Å². The molecule has 0 atom stereocenters. The maximum Gasteiger partial charge on any atom is 0.315 e. The Morgan fingerprint density at radius 2 is 1.88 bits per heavy atom. The number of hydrogen-bond acceptors (Lipinski definition) is 2. The Morgan fingerprint density at radius 1 is 1.29 bits per heavy atom. The van der Waals surface area contributed by atoms with E-state index in [1.165, 1.54) is 0 Å². The van der Waals surface area contributed by atoms with Crippen LogP contribution in [0, 0.1) is 5.92 Å². The Morgan fingerprint density at radius 3 is 2.35 bits per heavy atom. The van der Waals surface area contributed by atoms with Crippen molar-refractivity contribution in [3.8, 4) is 0 Å². The van der Waals surface area contributed by atoms with Crippen molar-refractivity contribution >= 4 is 27.9 Å². The third-order valence-electron chi connectivity index (χ3n) is 2.85. The number of aliphatic carboxylic acids is 1. The van der Waals surface area contributed by atoms with Gasteiger partial charge in [0.25, 0.3) is 0 Å². The molecule has 0 aromatic carbocycles. The van der Waals surface area contributed by atoms with Crippen LogP contribution in [0.3, 0.4) is 0 Å². The molecule has 1 rings (SSSR count). The van der Waals surface area contributed by atoms with Gasteiger partial charge in [-0.15, -0.1) is 0 Å². The number of nitrogens with one attached hydrogen (secondary N) is 2. The normalized spacial score (nSPS) is 23.8. The first-order chi connectivity index (χ1) is 7.99. The minimum absolute atomic E-state index is 0.0780. The minimum atomic E-state index is -0.733. The fraction of sp³-hybridized carbons (Fsp3) is 0.636. The van der Waals surface area contributed by atoms with Gasteiger partial charge in [-0.05, 0) is 25.7 Å². The first-order valence-corrected chi connectivity index (χ1v) is 6.38. The van der Waals surface area contributed by atoms with Crippen LogP contribution in [0.25, 0.3) is 0 Å². The summed E-state index contributed by atoms with van der Waals surface area (Å²) in [5.74, 6) is -0.984. The van der Waals surface area contributed by atoms with E-state index >= 15 is 0 Å². The molecular formula is C11H17BrN2O3. The van der Waals surface area contributed by atoms with Crippen LogP contribution in [-0.2, 0) is 4.79 Å². The molecular weight excluding hydrogens is 288 g/mol. The van der Waals surface area contributed by atoms with Crippen molar-refractivity contribution in [3.05, 3.63) is 11.1 Å². The molecule has 0 aromatic rings. The maximum atomic E-state index is 11.4. The summed E-state index contributed by atoms with van der Waals surface area (Å²) in [6.45, 7) is 4.00. The molecule has 1 aliphatic carbocycles. The van der Waals surface area contributed by atoms with Gasteiger partial charge < -0.3 is 15.7 Å². The summed E-state index contributed by atoms with van der Waals surface area (Å²) in [7, 11) is 0. The topological polar surface area (TPSA) is 78.4 Å². The monoisotopic (exact) mass is 304 g/mol. The van der Waals surface area contributed by atoms with Crippen LogP contribution in [0.15, 0.2) is 11.1 Å². The van der Waals surface area contributed by atoms with Crippen LogP contribution < -0.4 is 10.6 Å². The van der Waals surface area contributed by atoms with Gasteiger partial charge in [0.1, 0.15) is 0 Å². The highest BCUT2D eigenvalue weighted by Gasteiger charge is 2.26. The van der Waals surface area contributed by atoms with Crippen molar-refractivity contribution in [1.29, 1.82) is 0 Å². The number of carbonyl (C=O) groups is 2. The summed E-state index contributed by atoms with van der Waals surface area (Å²) < 4.78 is 0.710. The third kappa shape index (κ3) is 5.21. The molecule has 2 amide bonds. The molecule has 1 saturated carbocycles. The Kier molecular flexibility index (Phi) is 5.47. The SMILES string of the molecule is C=C(Br)CNC(=O)NC1CCC(C(=O)O)CC1. The van der Waals surface area contributed by atoms with E-state index in [0.717, 1.165) is 12.8 Å². The Labute approximate surface area is 109 Å². The number of hydrogen-bond donors (Lipinski definition) is 3. The molecule has 0 unspecified atom stereocenters. The van der Waals surface area contributed by atoms with Gasteiger partial charge in [-0.3, -0.25) is 4.79 Å².